The minimum Gasteiger partial charge on any atom is -0.490 e. The second-order valence-electron chi connectivity index (χ2n) is 5.42. The first-order valence-electron chi connectivity index (χ1n) is 8.56. The van der Waals surface area contributed by atoms with Gasteiger partial charge in [-0.15, -0.1) is 23.5 Å². The lowest BCUT2D eigenvalue weighted by atomic mass is 10.2. The highest BCUT2D eigenvalue weighted by atomic mass is 32.2. The Kier molecular flexibility index (Phi) is 8.71. The van der Waals surface area contributed by atoms with E-state index in [1.54, 1.807) is 29.6 Å². The summed E-state index contributed by atoms with van der Waals surface area (Å²) in [7, 11) is 0. The van der Waals surface area contributed by atoms with E-state index in [0.29, 0.717) is 36.2 Å². The van der Waals surface area contributed by atoms with E-state index in [1.165, 1.54) is 10.5 Å². The summed E-state index contributed by atoms with van der Waals surface area (Å²) < 4.78 is 11.1. The fraction of sp³-hybridized carbons (Fsp3) is 0.350. The van der Waals surface area contributed by atoms with Crippen LogP contribution in [0.2, 0.25) is 0 Å². The summed E-state index contributed by atoms with van der Waals surface area (Å²) in [5, 5.41) is 2.92. The normalized spacial score (nSPS) is 10.4. The van der Waals surface area contributed by atoms with E-state index in [0.717, 1.165) is 5.75 Å². The van der Waals surface area contributed by atoms with E-state index in [4.69, 9.17) is 9.47 Å². The Labute approximate surface area is 164 Å². The van der Waals surface area contributed by atoms with Crippen molar-refractivity contribution in [3.8, 4) is 11.5 Å². The van der Waals surface area contributed by atoms with Crippen molar-refractivity contribution in [2.24, 2.45) is 0 Å². The number of carbonyl (C=O) groups is 1. The number of hydrogen-bond donors (Lipinski definition) is 1. The summed E-state index contributed by atoms with van der Waals surface area (Å²) in [6, 6.07) is 13.9. The minimum absolute atomic E-state index is 0.0256. The highest BCUT2D eigenvalue weighted by molar-refractivity contribution is 7.99. The Morgan fingerprint density at radius 3 is 2.35 bits per heavy atom. The van der Waals surface area contributed by atoms with Crippen molar-refractivity contribution in [3.63, 3.8) is 0 Å². The van der Waals surface area contributed by atoms with Gasteiger partial charge in [-0.3, -0.25) is 4.79 Å². The van der Waals surface area contributed by atoms with Crippen LogP contribution in [0.15, 0.2) is 47.4 Å². The van der Waals surface area contributed by atoms with Crippen LogP contribution in [0.5, 0.6) is 11.5 Å². The lowest BCUT2D eigenvalue weighted by Gasteiger charge is -2.13. The highest BCUT2D eigenvalue weighted by Gasteiger charge is 2.09. The second kappa shape index (κ2) is 11.0. The van der Waals surface area contributed by atoms with Gasteiger partial charge in [0.25, 0.3) is 0 Å². The Balaban J connectivity index is 1.85. The van der Waals surface area contributed by atoms with E-state index in [1.807, 2.05) is 26.0 Å². The van der Waals surface area contributed by atoms with Crippen molar-refractivity contribution >= 4 is 35.1 Å². The smallest absolute Gasteiger partial charge is 0.234 e. The lowest BCUT2D eigenvalue weighted by Crippen LogP contribution is -2.14. The monoisotopic (exact) mass is 391 g/mol. The quantitative estimate of drug-likeness (QED) is 0.573. The van der Waals surface area contributed by atoms with Gasteiger partial charge in [0, 0.05) is 22.4 Å². The molecule has 140 valence electrons. The zero-order chi connectivity index (χ0) is 18.8. The Bertz CT molecular complexity index is 705. The van der Waals surface area contributed by atoms with Gasteiger partial charge in [-0.2, -0.15) is 0 Å². The van der Waals surface area contributed by atoms with Gasteiger partial charge in [-0.05, 0) is 49.9 Å². The molecule has 2 rings (SSSR count). The van der Waals surface area contributed by atoms with E-state index in [-0.39, 0.29) is 5.91 Å². The number of nitrogens with one attached hydrogen (secondary N) is 1. The van der Waals surface area contributed by atoms with Crippen molar-refractivity contribution < 1.29 is 14.3 Å². The summed E-state index contributed by atoms with van der Waals surface area (Å²) in [4.78, 5) is 13.4. The lowest BCUT2D eigenvalue weighted by molar-refractivity contribution is -0.113. The van der Waals surface area contributed by atoms with Crippen LogP contribution in [0.4, 0.5) is 5.69 Å². The predicted molar refractivity (Wildman–Crippen MR) is 112 cm³/mol. The molecular formula is C20H25NO3S2. The molecular weight excluding hydrogens is 366 g/mol. The summed E-state index contributed by atoms with van der Waals surface area (Å²) in [6.07, 6.45) is 2.06. The molecule has 0 fully saturated rings. The molecule has 0 aliphatic heterocycles. The van der Waals surface area contributed by atoms with Crippen LogP contribution in [0.1, 0.15) is 19.4 Å². The maximum Gasteiger partial charge on any atom is 0.234 e. The maximum atomic E-state index is 12.2. The number of carbonyl (C=O) groups excluding carboxylic acids is 1. The van der Waals surface area contributed by atoms with Crippen LogP contribution in [-0.2, 0) is 10.5 Å². The molecule has 0 radical (unpaired) electrons. The molecule has 0 saturated carbocycles. The second-order valence-corrected chi connectivity index (χ2v) is 7.28. The molecule has 0 spiro atoms. The molecule has 0 aliphatic rings. The third kappa shape index (κ3) is 6.50. The van der Waals surface area contributed by atoms with E-state index < -0.39 is 0 Å². The van der Waals surface area contributed by atoms with E-state index >= 15 is 0 Å². The molecule has 1 N–H and O–H groups in total. The number of thioether (sulfide) groups is 2. The third-order valence-electron chi connectivity index (χ3n) is 3.49. The molecule has 4 nitrogen and oxygen atoms in total. The van der Waals surface area contributed by atoms with Crippen LogP contribution in [0, 0.1) is 0 Å². The van der Waals surface area contributed by atoms with Gasteiger partial charge >= 0.3 is 0 Å². The number of benzene rings is 2. The van der Waals surface area contributed by atoms with Crippen molar-refractivity contribution in [1.29, 1.82) is 0 Å². The van der Waals surface area contributed by atoms with Crippen molar-refractivity contribution in [2.75, 3.05) is 30.5 Å². The minimum atomic E-state index is -0.0256. The first kappa shape index (κ1) is 20.5. The van der Waals surface area contributed by atoms with E-state index in [9.17, 15) is 4.79 Å². The zero-order valence-corrected chi connectivity index (χ0v) is 17.0. The Hall–Kier alpha value is -1.79. The molecule has 0 unspecified atom stereocenters. The number of rotatable bonds is 10. The summed E-state index contributed by atoms with van der Waals surface area (Å²) >= 11 is 3.32. The molecule has 26 heavy (non-hydrogen) atoms. The average molecular weight is 392 g/mol. The van der Waals surface area contributed by atoms with Gasteiger partial charge in [0.1, 0.15) is 0 Å². The van der Waals surface area contributed by atoms with Crippen LogP contribution >= 0.6 is 23.5 Å². The zero-order valence-electron chi connectivity index (χ0n) is 15.4. The highest BCUT2D eigenvalue weighted by Crippen LogP contribution is 2.30. The molecule has 1 amide bonds. The molecule has 0 aromatic heterocycles. The molecule has 0 heterocycles. The van der Waals surface area contributed by atoms with E-state index in [2.05, 4.69) is 35.8 Å². The number of anilines is 1. The van der Waals surface area contributed by atoms with Crippen molar-refractivity contribution in [2.45, 2.75) is 24.5 Å². The number of ether oxygens (including phenoxy) is 2. The summed E-state index contributed by atoms with van der Waals surface area (Å²) in [5.74, 6) is 2.53. The van der Waals surface area contributed by atoms with Gasteiger partial charge in [0.15, 0.2) is 11.5 Å². The molecule has 0 atom stereocenters. The van der Waals surface area contributed by atoms with Crippen molar-refractivity contribution in [1.82, 2.24) is 0 Å². The Morgan fingerprint density at radius 2 is 1.69 bits per heavy atom. The van der Waals surface area contributed by atoms with Crippen LogP contribution in [0.3, 0.4) is 0 Å². The SMILES string of the molecule is CCOc1ccc(NC(=O)CSCc2ccc(SC)cc2)cc1OCC. The Morgan fingerprint density at radius 1 is 1.00 bits per heavy atom. The van der Waals surface area contributed by atoms with Crippen LogP contribution in [-0.4, -0.2) is 31.1 Å². The largest absolute Gasteiger partial charge is 0.490 e. The topological polar surface area (TPSA) is 47.6 Å². The van der Waals surface area contributed by atoms with Gasteiger partial charge in [0.05, 0.1) is 19.0 Å². The van der Waals surface area contributed by atoms with Crippen LogP contribution < -0.4 is 14.8 Å². The molecule has 2 aromatic carbocycles. The fourth-order valence-electron chi connectivity index (χ4n) is 2.31. The number of hydrogen-bond acceptors (Lipinski definition) is 5. The first-order chi connectivity index (χ1) is 12.7. The van der Waals surface area contributed by atoms with Gasteiger partial charge in [-0.25, -0.2) is 0 Å². The molecule has 0 aliphatic carbocycles. The average Bonchev–Trinajstić information content (AvgIpc) is 2.65. The maximum absolute atomic E-state index is 12.2. The van der Waals surface area contributed by atoms with Crippen molar-refractivity contribution in [3.05, 3.63) is 48.0 Å². The first-order valence-corrected chi connectivity index (χ1v) is 10.9. The fourth-order valence-corrected chi connectivity index (χ4v) is 3.51. The predicted octanol–water partition coefficient (Wildman–Crippen LogP) is 5.08. The van der Waals surface area contributed by atoms with Gasteiger partial charge < -0.3 is 14.8 Å². The van der Waals surface area contributed by atoms with Crippen LogP contribution in [0.25, 0.3) is 0 Å². The summed E-state index contributed by atoms with van der Waals surface area (Å²) in [6.45, 7) is 4.96. The standard InChI is InChI=1S/C20H25NO3S2/c1-4-23-18-11-8-16(12-19(18)24-5-2)21-20(22)14-26-13-15-6-9-17(25-3)10-7-15/h6-12H,4-5,13-14H2,1-3H3,(H,21,22). The molecule has 0 bridgehead atoms. The molecule has 0 saturated heterocycles. The van der Waals surface area contributed by atoms with Gasteiger partial charge in [-0.1, -0.05) is 12.1 Å². The third-order valence-corrected chi connectivity index (χ3v) is 5.24. The number of amides is 1. The molecule has 2 aromatic rings. The summed E-state index contributed by atoms with van der Waals surface area (Å²) in [5.41, 5.74) is 1.94. The van der Waals surface area contributed by atoms with Gasteiger partial charge in [0.2, 0.25) is 5.91 Å². The molecule has 6 heteroatoms.